The smallest absolute Gasteiger partial charge is 0.399 e. The molecule has 282 valence electrons. The van der Waals surface area contributed by atoms with Crippen LogP contribution in [0.1, 0.15) is 66.5 Å². The summed E-state index contributed by atoms with van der Waals surface area (Å²) in [6.07, 6.45) is -0.202. The fraction of sp³-hybridized carbons (Fsp3) is 0.243. The first kappa shape index (κ1) is 41.9. The predicted octanol–water partition coefficient (Wildman–Crippen LogP) is 10.9. The molecule has 0 aromatic heterocycles. The van der Waals surface area contributed by atoms with Crippen molar-refractivity contribution in [2.75, 3.05) is 0 Å². The number of halogens is 10. The largest absolute Gasteiger partial charge is 0.573 e. The van der Waals surface area contributed by atoms with E-state index in [1.54, 1.807) is 0 Å². The van der Waals surface area contributed by atoms with Gasteiger partial charge < -0.3 is 9.47 Å². The van der Waals surface area contributed by atoms with Crippen molar-refractivity contribution in [3.8, 4) is 11.5 Å². The Labute approximate surface area is 298 Å². The maximum Gasteiger partial charge on any atom is 0.573 e. The van der Waals surface area contributed by atoms with Crippen molar-refractivity contribution in [2.24, 2.45) is 20.4 Å². The summed E-state index contributed by atoms with van der Waals surface area (Å²) in [7, 11) is 0. The molecule has 0 aliphatic heterocycles. The summed E-state index contributed by atoms with van der Waals surface area (Å²) in [5.41, 5.74) is 3.80. The fourth-order valence-electron chi connectivity index (χ4n) is 4.34. The molecule has 0 saturated carbocycles. The van der Waals surface area contributed by atoms with Crippen molar-refractivity contribution < 1.29 is 53.4 Å². The molecule has 0 saturated heterocycles. The second-order valence-electron chi connectivity index (χ2n) is 11.0. The molecule has 0 amide bonds. The van der Waals surface area contributed by atoms with E-state index in [1.165, 1.54) is 23.6 Å². The lowest BCUT2D eigenvalue weighted by atomic mass is 10.1. The van der Waals surface area contributed by atoms with Crippen LogP contribution in [-0.2, 0) is 12.8 Å². The summed E-state index contributed by atoms with van der Waals surface area (Å²) in [4.78, 5) is 0. The van der Waals surface area contributed by atoms with Crippen molar-refractivity contribution >= 4 is 24.9 Å². The monoisotopic (exact) mass is 754 g/mol. The number of aryl methyl sites for hydroxylation is 2. The lowest BCUT2D eigenvalue weighted by Gasteiger charge is -2.10. The Morgan fingerprint density at radius 2 is 0.792 bits per heavy atom. The van der Waals surface area contributed by atoms with Gasteiger partial charge in [0.25, 0.3) is 0 Å². The zero-order valence-corrected chi connectivity index (χ0v) is 28.2. The number of hydrogen-bond acceptors (Lipinski definition) is 6. The summed E-state index contributed by atoms with van der Waals surface area (Å²) in [5, 5.41) is 14.8. The Morgan fingerprint density at radius 3 is 1.09 bits per heavy atom. The topological polar surface area (TPSA) is 67.9 Å². The third-order valence-electron chi connectivity index (χ3n) is 6.75. The molecule has 4 rings (SSSR count). The first-order valence-electron chi connectivity index (χ1n) is 15.9. The van der Waals surface area contributed by atoms with E-state index in [-0.39, 0.29) is 11.1 Å². The molecular weight excluding hydrogens is 722 g/mol. The number of unbranched alkanes of at least 4 members (excludes halogenated alkanes) is 1. The van der Waals surface area contributed by atoms with E-state index >= 15 is 0 Å². The molecule has 0 aliphatic rings. The average Bonchev–Trinajstić information content (AvgIpc) is 3.08. The van der Waals surface area contributed by atoms with Gasteiger partial charge in [-0.25, -0.2) is 17.6 Å². The zero-order valence-electron chi connectivity index (χ0n) is 28.2. The molecular formula is C37H32F10N4O2. The van der Waals surface area contributed by atoms with Crippen molar-refractivity contribution in [3.63, 3.8) is 0 Å². The van der Waals surface area contributed by atoms with E-state index < -0.39 is 47.5 Å². The van der Waals surface area contributed by atoms with Gasteiger partial charge in [-0.3, -0.25) is 0 Å². The van der Waals surface area contributed by atoms with Crippen LogP contribution < -0.4 is 9.47 Å². The van der Waals surface area contributed by atoms with Crippen LogP contribution in [0.2, 0.25) is 0 Å². The van der Waals surface area contributed by atoms with Crippen molar-refractivity contribution in [1.29, 1.82) is 0 Å². The quantitative estimate of drug-likeness (QED) is 0.0775. The molecule has 0 radical (unpaired) electrons. The van der Waals surface area contributed by atoms with Crippen LogP contribution in [0.5, 0.6) is 11.5 Å². The Morgan fingerprint density at radius 1 is 0.472 bits per heavy atom. The Balaban J connectivity index is 0.000000286. The van der Waals surface area contributed by atoms with E-state index in [0.29, 0.717) is 24.3 Å². The normalized spacial score (nSPS) is 12.2. The van der Waals surface area contributed by atoms with Gasteiger partial charge in [-0.1, -0.05) is 75.2 Å². The van der Waals surface area contributed by atoms with Crippen LogP contribution in [0.4, 0.5) is 43.9 Å². The van der Waals surface area contributed by atoms with Crippen molar-refractivity contribution in [2.45, 2.75) is 58.7 Å². The minimum atomic E-state index is -5.19. The van der Waals surface area contributed by atoms with Gasteiger partial charge in [0.05, 0.1) is 24.9 Å². The first-order chi connectivity index (χ1) is 25.1. The van der Waals surface area contributed by atoms with Crippen LogP contribution in [0.25, 0.3) is 0 Å². The van der Waals surface area contributed by atoms with Gasteiger partial charge in [-0.2, -0.15) is 20.4 Å². The molecule has 53 heavy (non-hydrogen) atoms. The van der Waals surface area contributed by atoms with E-state index in [9.17, 15) is 43.9 Å². The minimum Gasteiger partial charge on any atom is -0.399 e. The van der Waals surface area contributed by atoms with E-state index in [4.69, 9.17) is 0 Å². The standard InChI is InChI=1S/C19H17F5N2O.C18H15F5N2O/c1-2-3-4-13-5-7-14(8-6-13)11-25-26-12-15-9-16(20)18(17(21)10-15)27-19(22,23)24;1-2-3-12-4-6-13(7-5-12)10-24-25-11-14-8-15(19)17(16(20)9-14)26-18(21,22)23/h5-12H,2-4H2,1H3;4-11H,2-3H2,1H3/b25-11+,26-12-;24-10+,25-11-. The highest BCUT2D eigenvalue weighted by Crippen LogP contribution is 2.30. The van der Waals surface area contributed by atoms with Gasteiger partial charge in [0.15, 0.2) is 23.3 Å². The maximum absolute atomic E-state index is 13.6. The van der Waals surface area contributed by atoms with Gasteiger partial charge in [0.2, 0.25) is 11.5 Å². The Kier molecular flexibility index (Phi) is 15.7. The van der Waals surface area contributed by atoms with Gasteiger partial charge in [-0.15, -0.1) is 26.3 Å². The van der Waals surface area contributed by atoms with Crippen LogP contribution in [0.15, 0.2) is 93.2 Å². The number of hydrogen-bond donors (Lipinski definition) is 0. The van der Waals surface area contributed by atoms with E-state index in [2.05, 4.69) is 43.7 Å². The molecule has 0 unspecified atom stereocenters. The zero-order chi connectivity index (χ0) is 39.0. The number of benzene rings is 4. The third kappa shape index (κ3) is 15.3. The SMILES string of the molecule is CCCCc1ccc(/C=N/N=C\c2cc(F)c(OC(F)(F)F)c(F)c2)cc1.CCCc1ccc(/C=N/N=C\c2cc(F)c(OC(F)(F)F)c(F)c2)cc1. The second-order valence-corrected chi connectivity index (χ2v) is 11.0. The summed E-state index contributed by atoms with van der Waals surface area (Å²) < 4.78 is 133. The van der Waals surface area contributed by atoms with Gasteiger partial charge in [0, 0.05) is 11.1 Å². The number of alkyl halides is 6. The molecule has 0 bridgehead atoms. The van der Waals surface area contributed by atoms with Gasteiger partial charge in [-0.05, 0) is 65.8 Å². The second kappa shape index (κ2) is 19.9. The molecule has 6 nitrogen and oxygen atoms in total. The molecule has 16 heteroatoms. The van der Waals surface area contributed by atoms with Crippen molar-refractivity contribution in [3.05, 3.63) is 129 Å². The fourth-order valence-corrected chi connectivity index (χ4v) is 4.34. The lowest BCUT2D eigenvalue weighted by molar-refractivity contribution is -0.277. The molecule has 0 aliphatic carbocycles. The van der Waals surface area contributed by atoms with E-state index in [0.717, 1.165) is 55.7 Å². The highest BCUT2D eigenvalue weighted by atomic mass is 19.4. The molecule has 0 atom stereocenters. The van der Waals surface area contributed by atoms with Gasteiger partial charge in [0.1, 0.15) is 0 Å². The number of ether oxygens (including phenoxy) is 2. The molecule has 0 fully saturated rings. The summed E-state index contributed by atoms with van der Waals surface area (Å²) in [6, 6.07) is 18.0. The molecule has 0 heterocycles. The van der Waals surface area contributed by atoms with Crippen molar-refractivity contribution in [1.82, 2.24) is 0 Å². The number of nitrogens with zero attached hydrogens (tertiary/aromatic N) is 4. The highest BCUT2D eigenvalue weighted by molar-refractivity contribution is 5.83. The summed E-state index contributed by atoms with van der Waals surface area (Å²) >= 11 is 0. The predicted molar refractivity (Wildman–Crippen MR) is 182 cm³/mol. The van der Waals surface area contributed by atoms with Crippen LogP contribution in [0.3, 0.4) is 0 Å². The lowest BCUT2D eigenvalue weighted by Crippen LogP contribution is -2.19. The minimum absolute atomic E-state index is 0.0911. The van der Waals surface area contributed by atoms with Gasteiger partial charge >= 0.3 is 12.7 Å². The molecule has 4 aromatic rings. The Bertz CT molecular complexity index is 1840. The number of rotatable bonds is 13. The molecule has 0 spiro atoms. The summed E-state index contributed by atoms with van der Waals surface area (Å²) in [5.74, 6) is -8.96. The maximum atomic E-state index is 13.6. The molecule has 4 aromatic carbocycles. The highest BCUT2D eigenvalue weighted by Gasteiger charge is 2.35. The van der Waals surface area contributed by atoms with Crippen LogP contribution in [-0.4, -0.2) is 37.6 Å². The molecule has 0 N–H and O–H groups in total. The van der Waals surface area contributed by atoms with Crippen LogP contribution >= 0.6 is 0 Å². The third-order valence-corrected chi connectivity index (χ3v) is 6.75. The first-order valence-corrected chi connectivity index (χ1v) is 15.9. The average molecular weight is 755 g/mol. The summed E-state index contributed by atoms with van der Waals surface area (Å²) in [6.45, 7) is 4.20. The Hall–Kier alpha value is -5.54. The van der Waals surface area contributed by atoms with Crippen LogP contribution in [0, 0.1) is 23.3 Å². The van der Waals surface area contributed by atoms with E-state index in [1.807, 2.05) is 48.5 Å².